The summed E-state index contributed by atoms with van der Waals surface area (Å²) in [5.41, 5.74) is 1.07. The minimum absolute atomic E-state index is 0.537. The van der Waals surface area contributed by atoms with Crippen LogP contribution in [0, 0.1) is 0 Å². The van der Waals surface area contributed by atoms with Gasteiger partial charge < -0.3 is 10.2 Å². The van der Waals surface area contributed by atoms with E-state index < -0.39 is 0 Å². The van der Waals surface area contributed by atoms with Gasteiger partial charge in [0.15, 0.2) is 0 Å². The Hall–Kier alpha value is -1.20. The van der Waals surface area contributed by atoms with Crippen LogP contribution in [0.4, 0.5) is 5.82 Å². The summed E-state index contributed by atoms with van der Waals surface area (Å²) < 4.78 is 1.22. The molecule has 1 N–H and O–H groups in total. The predicted molar refractivity (Wildman–Crippen MR) is 80.9 cm³/mol. The summed E-state index contributed by atoms with van der Waals surface area (Å²) in [7, 11) is 0. The molecule has 19 heavy (non-hydrogen) atoms. The van der Waals surface area contributed by atoms with Gasteiger partial charge in [-0.25, -0.2) is 9.97 Å². The summed E-state index contributed by atoms with van der Waals surface area (Å²) in [6.45, 7) is 6.53. The molecule has 1 aliphatic rings. The second kappa shape index (κ2) is 5.43. The topological polar surface area (TPSA) is 41.0 Å². The molecular weight excluding hydrogens is 256 g/mol. The molecule has 3 rings (SSSR count). The molecule has 1 fully saturated rings. The Bertz CT molecular complexity index is 551. The van der Waals surface area contributed by atoms with E-state index in [4.69, 9.17) is 0 Å². The fraction of sp³-hybridized carbons (Fsp3) is 0.571. The zero-order valence-corrected chi connectivity index (χ0v) is 12.3. The first kappa shape index (κ1) is 12.8. The zero-order valence-electron chi connectivity index (χ0n) is 11.5. The molecule has 3 heterocycles. The van der Waals surface area contributed by atoms with E-state index in [9.17, 15) is 0 Å². The van der Waals surface area contributed by atoms with Crippen LogP contribution in [0.3, 0.4) is 0 Å². The van der Waals surface area contributed by atoms with Gasteiger partial charge in [-0.1, -0.05) is 13.8 Å². The standard InChI is InChI=1S/C14H20N4S/c1-10(2)15-8-11-4-3-6-18(11)14-13-12(5-7-19-13)16-9-17-14/h5,7,9-11,15H,3-4,6,8H2,1-2H3. The second-order valence-electron chi connectivity index (χ2n) is 5.38. The molecule has 0 bridgehead atoms. The SMILES string of the molecule is CC(C)NCC1CCCN1c1ncnc2ccsc12. The average molecular weight is 276 g/mol. The van der Waals surface area contributed by atoms with Crippen molar-refractivity contribution in [1.29, 1.82) is 0 Å². The van der Waals surface area contributed by atoms with Crippen LogP contribution in [0.2, 0.25) is 0 Å². The van der Waals surface area contributed by atoms with E-state index in [2.05, 4.69) is 45.5 Å². The third-order valence-electron chi connectivity index (χ3n) is 3.64. The van der Waals surface area contributed by atoms with Crippen molar-refractivity contribution in [2.24, 2.45) is 0 Å². The molecule has 4 nitrogen and oxygen atoms in total. The molecule has 1 unspecified atom stereocenters. The average Bonchev–Trinajstić information content (AvgIpc) is 3.04. The highest BCUT2D eigenvalue weighted by atomic mass is 32.1. The van der Waals surface area contributed by atoms with E-state index in [-0.39, 0.29) is 0 Å². The van der Waals surface area contributed by atoms with Gasteiger partial charge >= 0.3 is 0 Å². The minimum Gasteiger partial charge on any atom is -0.351 e. The van der Waals surface area contributed by atoms with Crippen molar-refractivity contribution in [3.05, 3.63) is 17.8 Å². The van der Waals surface area contributed by atoms with Gasteiger partial charge in [0.2, 0.25) is 0 Å². The van der Waals surface area contributed by atoms with E-state index in [1.54, 1.807) is 17.7 Å². The number of nitrogens with zero attached hydrogens (tertiary/aromatic N) is 3. The Morgan fingerprint density at radius 1 is 1.47 bits per heavy atom. The van der Waals surface area contributed by atoms with E-state index in [1.165, 1.54) is 17.5 Å². The number of nitrogens with one attached hydrogen (secondary N) is 1. The van der Waals surface area contributed by atoms with E-state index in [0.717, 1.165) is 24.4 Å². The molecule has 2 aromatic heterocycles. The van der Waals surface area contributed by atoms with Crippen molar-refractivity contribution < 1.29 is 0 Å². The normalized spacial score (nSPS) is 19.7. The predicted octanol–water partition coefficient (Wildman–Crippen LogP) is 2.66. The molecule has 0 aliphatic carbocycles. The van der Waals surface area contributed by atoms with Crippen molar-refractivity contribution in [3.63, 3.8) is 0 Å². The summed E-state index contributed by atoms with van der Waals surface area (Å²) in [6, 6.07) is 3.17. The number of anilines is 1. The lowest BCUT2D eigenvalue weighted by Gasteiger charge is -2.27. The fourth-order valence-electron chi connectivity index (χ4n) is 2.68. The van der Waals surface area contributed by atoms with Crippen LogP contribution in [-0.4, -0.2) is 35.1 Å². The molecule has 5 heteroatoms. The van der Waals surface area contributed by atoms with Crippen molar-refractivity contribution in [3.8, 4) is 0 Å². The highest BCUT2D eigenvalue weighted by Crippen LogP contribution is 2.32. The summed E-state index contributed by atoms with van der Waals surface area (Å²) in [6.07, 6.45) is 4.19. The first-order valence-electron chi connectivity index (χ1n) is 6.94. The number of thiophene rings is 1. The van der Waals surface area contributed by atoms with Gasteiger partial charge in [0.25, 0.3) is 0 Å². The maximum atomic E-state index is 4.54. The lowest BCUT2D eigenvalue weighted by Crippen LogP contribution is -2.40. The molecule has 1 atom stereocenters. The Labute approximate surface area is 117 Å². The molecule has 0 spiro atoms. The van der Waals surface area contributed by atoms with E-state index in [1.807, 2.05) is 0 Å². The first-order valence-corrected chi connectivity index (χ1v) is 7.82. The number of fused-ring (bicyclic) bond motifs is 1. The molecule has 2 aromatic rings. The van der Waals surface area contributed by atoms with Gasteiger partial charge in [-0.2, -0.15) is 0 Å². The van der Waals surface area contributed by atoms with Crippen LogP contribution in [0.25, 0.3) is 10.2 Å². The largest absolute Gasteiger partial charge is 0.351 e. The molecule has 0 amide bonds. The summed E-state index contributed by atoms with van der Waals surface area (Å²) in [5.74, 6) is 1.12. The molecule has 0 saturated carbocycles. The maximum absolute atomic E-state index is 4.54. The first-order chi connectivity index (χ1) is 9.25. The Morgan fingerprint density at radius 3 is 3.21 bits per heavy atom. The number of rotatable bonds is 4. The second-order valence-corrected chi connectivity index (χ2v) is 6.30. The van der Waals surface area contributed by atoms with Crippen LogP contribution in [-0.2, 0) is 0 Å². The lowest BCUT2D eigenvalue weighted by molar-refractivity contribution is 0.523. The van der Waals surface area contributed by atoms with Gasteiger partial charge in [-0.15, -0.1) is 11.3 Å². The van der Waals surface area contributed by atoms with Crippen LogP contribution in [0.15, 0.2) is 17.8 Å². The Morgan fingerprint density at radius 2 is 2.37 bits per heavy atom. The minimum atomic E-state index is 0.537. The number of hydrogen-bond acceptors (Lipinski definition) is 5. The summed E-state index contributed by atoms with van der Waals surface area (Å²) in [4.78, 5) is 11.3. The van der Waals surface area contributed by atoms with Crippen LogP contribution >= 0.6 is 11.3 Å². The van der Waals surface area contributed by atoms with Crippen molar-refractivity contribution in [2.75, 3.05) is 18.0 Å². The maximum Gasteiger partial charge on any atom is 0.150 e. The van der Waals surface area contributed by atoms with Gasteiger partial charge in [-0.3, -0.25) is 0 Å². The molecule has 102 valence electrons. The molecule has 0 aromatic carbocycles. The van der Waals surface area contributed by atoms with Crippen LogP contribution in [0.1, 0.15) is 26.7 Å². The lowest BCUT2D eigenvalue weighted by atomic mass is 10.2. The Kier molecular flexibility index (Phi) is 3.66. The summed E-state index contributed by atoms with van der Waals surface area (Å²) >= 11 is 1.74. The van der Waals surface area contributed by atoms with Crippen LogP contribution in [0.5, 0.6) is 0 Å². The molecule has 1 saturated heterocycles. The van der Waals surface area contributed by atoms with Crippen molar-refractivity contribution >= 4 is 27.4 Å². The third-order valence-corrected chi connectivity index (χ3v) is 4.53. The third kappa shape index (κ3) is 2.58. The smallest absolute Gasteiger partial charge is 0.150 e. The van der Waals surface area contributed by atoms with E-state index >= 15 is 0 Å². The van der Waals surface area contributed by atoms with Crippen LogP contribution < -0.4 is 10.2 Å². The van der Waals surface area contributed by atoms with E-state index in [0.29, 0.717) is 12.1 Å². The molecular formula is C14H20N4S. The molecule has 1 aliphatic heterocycles. The highest BCUT2D eigenvalue weighted by molar-refractivity contribution is 7.17. The van der Waals surface area contributed by atoms with Gasteiger partial charge in [0, 0.05) is 25.2 Å². The number of aromatic nitrogens is 2. The van der Waals surface area contributed by atoms with Gasteiger partial charge in [-0.05, 0) is 24.3 Å². The van der Waals surface area contributed by atoms with Crippen molar-refractivity contribution in [1.82, 2.24) is 15.3 Å². The Balaban J connectivity index is 1.85. The molecule has 0 radical (unpaired) electrons. The highest BCUT2D eigenvalue weighted by Gasteiger charge is 2.27. The fourth-order valence-corrected chi connectivity index (χ4v) is 3.53. The quantitative estimate of drug-likeness (QED) is 0.932. The summed E-state index contributed by atoms with van der Waals surface area (Å²) in [5, 5.41) is 5.64. The number of hydrogen-bond donors (Lipinski definition) is 1. The van der Waals surface area contributed by atoms with Gasteiger partial charge in [0.05, 0.1) is 10.2 Å². The van der Waals surface area contributed by atoms with Gasteiger partial charge in [0.1, 0.15) is 12.1 Å². The monoisotopic (exact) mass is 276 g/mol. The zero-order chi connectivity index (χ0) is 13.2. The van der Waals surface area contributed by atoms with Crippen molar-refractivity contribution in [2.45, 2.75) is 38.8 Å².